The average molecular weight is 693 g/mol. The van der Waals surface area contributed by atoms with Crippen molar-refractivity contribution in [1.82, 2.24) is 20.2 Å². The van der Waals surface area contributed by atoms with Crippen molar-refractivity contribution in [2.24, 2.45) is 5.92 Å². The molecule has 0 spiro atoms. The Hall–Kier alpha value is -4.38. The molecule has 250 valence electrons. The molecule has 3 atom stereocenters. The van der Waals surface area contributed by atoms with Gasteiger partial charge in [-0.2, -0.15) is 26.3 Å². The third-order valence-corrected chi connectivity index (χ3v) is 7.78. The van der Waals surface area contributed by atoms with Gasteiger partial charge in [0.1, 0.15) is 35.2 Å². The second-order valence-electron chi connectivity index (χ2n) is 10.7. The molecule has 2 aliphatic heterocycles. The van der Waals surface area contributed by atoms with Crippen molar-refractivity contribution in [2.45, 2.75) is 37.0 Å². The summed E-state index contributed by atoms with van der Waals surface area (Å²) in [7, 11) is 0. The Morgan fingerprint density at radius 2 is 1.51 bits per heavy atom. The molecule has 18 heteroatoms. The summed E-state index contributed by atoms with van der Waals surface area (Å²) in [5, 5.41) is 2.01. The summed E-state index contributed by atoms with van der Waals surface area (Å²) in [5.74, 6) is -5.86. The van der Waals surface area contributed by atoms with Gasteiger partial charge in [-0.15, -0.1) is 0 Å². The number of hydrogen-bond acceptors (Lipinski definition) is 7. The third-order valence-electron chi connectivity index (χ3n) is 7.49. The fraction of sp³-hybridized carbons (Fsp3) is 0.345. The molecule has 2 saturated heterocycles. The number of ether oxygens (including phenoxy) is 2. The minimum atomic E-state index is -4.92. The van der Waals surface area contributed by atoms with E-state index in [9.17, 15) is 49.5 Å². The van der Waals surface area contributed by atoms with Crippen LogP contribution in [0.3, 0.4) is 0 Å². The number of rotatable bonds is 7. The van der Waals surface area contributed by atoms with Gasteiger partial charge in [-0.1, -0.05) is 11.6 Å². The number of carbonyl (C=O) groups is 3. The number of halogens is 9. The van der Waals surface area contributed by atoms with Crippen LogP contribution in [0, 0.1) is 17.6 Å². The van der Waals surface area contributed by atoms with Crippen LogP contribution < -0.4 is 5.32 Å². The van der Waals surface area contributed by atoms with Crippen LogP contribution in [0.2, 0.25) is 5.02 Å². The summed E-state index contributed by atoms with van der Waals surface area (Å²) in [6, 6.07) is 1.52. The molecular weight excluding hydrogens is 672 g/mol. The number of carbonyl (C=O) groups excluding carboxylic acids is 3. The number of amides is 2. The van der Waals surface area contributed by atoms with E-state index in [-0.39, 0.29) is 18.8 Å². The molecular formula is C29H21ClF8N4O5. The van der Waals surface area contributed by atoms with Gasteiger partial charge in [0.05, 0.1) is 36.4 Å². The van der Waals surface area contributed by atoms with E-state index in [4.69, 9.17) is 21.1 Å². The lowest BCUT2D eigenvalue weighted by atomic mass is 9.90. The quantitative estimate of drug-likeness (QED) is 0.201. The number of hydrogen-bond donors (Lipinski definition) is 1. The van der Waals surface area contributed by atoms with E-state index in [1.807, 2.05) is 0 Å². The van der Waals surface area contributed by atoms with E-state index in [1.54, 1.807) is 0 Å². The average Bonchev–Trinajstić information content (AvgIpc) is 3.40. The molecule has 0 radical (unpaired) electrons. The van der Waals surface area contributed by atoms with Crippen LogP contribution in [0.4, 0.5) is 35.1 Å². The van der Waals surface area contributed by atoms with Crippen LogP contribution in [0.25, 0.3) is 0 Å². The van der Waals surface area contributed by atoms with Crippen molar-refractivity contribution in [3.63, 3.8) is 0 Å². The molecule has 2 amide bonds. The molecule has 4 heterocycles. The minimum Gasteiger partial charge on any atom is -0.457 e. The Bertz CT molecular complexity index is 1700. The number of alkyl halides is 6. The number of likely N-dealkylation sites (tertiary alicyclic amines) is 1. The van der Waals surface area contributed by atoms with E-state index < -0.39 is 106 Å². The largest absolute Gasteiger partial charge is 0.457 e. The smallest absolute Gasteiger partial charge is 0.433 e. The first kappa shape index (κ1) is 34.0. The summed E-state index contributed by atoms with van der Waals surface area (Å²) in [6.07, 6.45) is -10.1. The zero-order valence-electron chi connectivity index (χ0n) is 23.5. The fourth-order valence-corrected chi connectivity index (χ4v) is 5.24. The Morgan fingerprint density at radius 3 is 2.09 bits per heavy atom. The number of aromatic nitrogens is 2. The number of pyridine rings is 2. The van der Waals surface area contributed by atoms with E-state index in [0.29, 0.717) is 18.2 Å². The topological polar surface area (TPSA) is 111 Å². The predicted molar refractivity (Wildman–Crippen MR) is 144 cm³/mol. The van der Waals surface area contributed by atoms with Gasteiger partial charge in [0, 0.05) is 35.9 Å². The number of esters is 1. The molecule has 47 heavy (non-hydrogen) atoms. The number of benzene rings is 1. The Morgan fingerprint density at radius 1 is 0.915 bits per heavy atom. The first-order valence-corrected chi connectivity index (χ1v) is 14.0. The summed E-state index contributed by atoms with van der Waals surface area (Å²) in [4.78, 5) is 47.2. The van der Waals surface area contributed by atoms with Gasteiger partial charge >= 0.3 is 18.3 Å². The number of nitrogens with one attached hydrogen (secondary N) is 1. The molecule has 0 saturated carbocycles. The van der Waals surface area contributed by atoms with E-state index in [0.717, 1.165) is 35.5 Å². The van der Waals surface area contributed by atoms with Gasteiger partial charge in [0.15, 0.2) is 0 Å². The Kier molecular flexibility index (Phi) is 9.41. The summed E-state index contributed by atoms with van der Waals surface area (Å²) >= 11 is 5.66. The molecule has 1 N–H and O–H groups in total. The highest BCUT2D eigenvalue weighted by Crippen LogP contribution is 2.34. The predicted octanol–water partition coefficient (Wildman–Crippen LogP) is 5.39. The molecule has 0 bridgehead atoms. The van der Waals surface area contributed by atoms with Gasteiger partial charge in [0.25, 0.3) is 5.91 Å². The van der Waals surface area contributed by atoms with Crippen molar-refractivity contribution in [3.05, 3.63) is 93.5 Å². The number of nitrogens with zero attached hydrogens (tertiary/aromatic N) is 3. The third kappa shape index (κ3) is 7.45. The van der Waals surface area contributed by atoms with Crippen molar-refractivity contribution in [2.75, 3.05) is 19.8 Å². The second kappa shape index (κ2) is 13.0. The maximum atomic E-state index is 14.9. The van der Waals surface area contributed by atoms with Gasteiger partial charge in [-0.3, -0.25) is 19.6 Å². The highest BCUT2D eigenvalue weighted by molar-refractivity contribution is 6.30. The lowest BCUT2D eigenvalue weighted by Crippen LogP contribution is -2.50. The van der Waals surface area contributed by atoms with Crippen molar-refractivity contribution in [3.8, 4) is 0 Å². The first-order valence-electron chi connectivity index (χ1n) is 13.6. The maximum Gasteiger partial charge on any atom is 0.433 e. The highest BCUT2D eigenvalue weighted by atomic mass is 35.5. The summed E-state index contributed by atoms with van der Waals surface area (Å²) in [5.41, 5.74) is -4.17. The molecule has 3 aromatic rings. The van der Waals surface area contributed by atoms with Crippen molar-refractivity contribution < 1.29 is 59.0 Å². The summed E-state index contributed by atoms with van der Waals surface area (Å²) in [6.45, 7) is -0.499. The molecule has 9 nitrogen and oxygen atoms in total. The second-order valence-corrected chi connectivity index (χ2v) is 11.1. The van der Waals surface area contributed by atoms with Crippen molar-refractivity contribution in [1.29, 1.82) is 0 Å². The zero-order valence-corrected chi connectivity index (χ0v) is 24.3. The van der Waals surface area contributed by atoms with Gasteiger partial charge in [-0.25, -0.2) is 13.6 Å². The van der Waals surface area contributed by atoms with Gasteiger partial charge in [0.2, 0.25) is 5.91 Å². The standard InChI is InChI=1S/C29H21ClF8N4O5/c30-18-9-19(31)17(8-20(18)32)24(15-11-46-12-15)41-25(43)21-7-16(47-27(45)14-2-4-40-23(6-14)29(36,37)38)10-42(21)26(44)13-1-3-39-22(5-13)28(33,34)35/h1-6,8-9,15-16,21,24H,7,10-12H2,(H,41,43)/t16-,21-,24-/m1/s1. The molecule has 0 aliphatic carbocycles. The first-order chi connectivity index (χ1) is 22.0. The lowest BCUT2D eigenvalue weighted by molar-refractivity contribution is -0.142. The van der Waals surface area contributed by atoms with Gasteiger partial charge in [-0.05, 0) is 36.4 Å². The van der Waals surface area contributed by atoms with E-state index in [1.165, 1.54) is 0 Å². The molecule has 2 aliphatic rings. The Labute approximate surface area is 264 Å². The fourth-order valence-electron chi connectivity index (χ4n) is 5.09. The molecule has 2 fully saturated rings. The molecule has 1 aromatic carbocycles. The van der Waals surface area contributed by atoms with Crippen molar-refractivity contribution >= 4 is 29.4 Å². The van der Waals surface area contributed by atoms with Gasteiger partial charge < -0.3 is 19.7 Å². The highest BCUT2D eigenvalue weighted by Gasteiger charge is 2.44. The minimum absolute atomic E-state index is 0.0330. The molecule has 0 unspecified atom stereocenters. The maximum absolute atomic E-state index is 14.9. The lowest BCUT2D eigenvalue weighted by Gasteiger charge is -2.36. The zero-order chi connectivity index (χ0) is 34.3. The monoisotopic (exact) mass is 692 g/mol. The van der Waals surface area contributed by atoms with Crippen LogP contribution in [0.15, 0.2) is 48.8 Å². The van der Waals surface area contributed by atoms with E-state index >= 15 is 0 Å². The molecule has 2 aromatic heterocycles. The van der Waals surface area contributed by atoms with Crippen LogP contribution in [-0.4, -0.2) is 64.6 Å². The molecule has 5 rings (SSSR count). The van der Waals surface area contributed by atoms with Crippen LogP contribution in [0.1, 0.15) is 50.1 Å². The van der Waals surface area contributed by atoms with Crippen LogP contribution in [0.5, 0.6) is 0 Å². The Balaban J connectivity index is 1.44. The SMILES string of the molecule is O=C(O[C@@H]1C[C@H](C(=O)N[C@@H](c2cc(F)c(Cl)cc2F)C2COC2)N(C(=O)c2ccnc(C(F)(F)F)c2)C1)c1ccnc(C(F)(F)F)c1. The van der Waals surface area contributed by atoms with Crippen LogP contribution >= 0.6 is 11.6 Å². The normalized spacial score (nSPS) is 19.2. The summed E-state index contributed by atoms with van der Waals surface area (Å²) < 4.78 is 119. The van der Waals surface area contributed by atoms with E-state index in [2.05, 4.69) is 15.3 Å². The van der Waals surface area contributed by atoms with Crippen LogP contribution in [-0.2, 0) is 26.6 Å².